The Labute approximate surface area is 298 Å². The highest BCUT2D eigenvalue weighted by atomic mass is 32.3. The fourth-order valence-corrected chi connectivity index (χ4v) is 11.8. The van der Waals surface area contributed by atoms with Gasteiger partial charge in [-0.05, 0) is 97.1 Å². The summed E-state index contributed by atoms with van der Waals surface area (Å²) in [7, 11) is -1.88. The zero-order chi connectivity index (χ0) is 33.8. The molecule has 3 heterocycles. The van der Waals surface area contributed by atoms with Gasteiger partial charge in [-0.2, -0.15) is 0 Å². The number of benzene rings is 7. The lowest BCUT2D eigenvalue weighted by atomic mass is 10.2. The molecule has 0 amide bonds. The maximum atomic E-state index is 4.46. The summed E-state index contributed by atoms with van der Waals surface area (Å²) in [4.78, 5) is 9.64. The molecule has 0 fully saturated rings. The molecule has 0 aliphatic carbocycles. The maximum absolute atomic E-state index is 4.46. The molecular weight excluding hydrogens is 639 g/mol. The normalized spacial score (nSPS) is 12.2. The van der Waals surface area contributed by atoms with Crippen molar-refractivity contribution in [3.63, 3.8) is 0 Å². The molecular formula is C47H33N3S. The standard InChI is InChI=1S/C47H33N3S/c1-3-13-36(14-4-1)51(37-15-5-2-6-16-37,38-27-23-34(24-28-38)49-44-20-10-7-17-40(44)41-18-8-11-21-45(41)49)39-29-25-35(26-30-39)50-46-22-12-9-19-42(46)43-33-48-32-31-47(43)50/h1-33H. The second kappa shape index (κ2) is 11.9. The largest absolute Gasteiger partial charge is 0.309 e. The van der Waals surface area contributed by atoms with E-state index in [1.807, 2.05) is 12.4 Å². The van der Waals surface area contributed by atoms with E-state index in [1.165, 1.54) is 52.3 Å². The van der Waals surface area contributed by atoms with E-state index in [1.54, 1.807) is 0 Å². The molecule has 0 aliphatic heterocycles. The van der Waals surface area contributed by atoms with E-state index in [0.717, 1.165) is 22.3 Å². The van der Waals surface area contributed by atoms with Crippen molar-refractivity contribution in [2.45, 2.75) is 19.6 Å². The number of nitrogens with zero attached hydrogens (tertiary/aromatic N) is 3. The third-order valence-electron chi connectivity index (χ3n) is 10.1. The van der Waals surface area contributed by atoms with Gasteiger partial charge in [0, 0.05) is 64.9 Å². The lowest BCUT2D eigenvalue weighted by Crippen LogP contribution is -2.06. The molecule has 10 aromatic rings. The Morgan fingerprint density at radius 1 is 0.314 bits per heavy atom. The smallest absolute Gasteiger partial charge is 0.0571 e. The van der Waals surface area contributed by atoms with Crippen molar-refractivity contribution in [2.75, 3.05) is 0 Å². The highest BCUT2D eigenvalue weighted by molar-refractivity contribution is 8.34. The molecule has 0 N–H and O–H groups in total. The topological polar surface area (TPSA) is 22.8 Å². The van der Waals surface area contributed by atoms with Crippen LogP contribution in [0.4, 0.5) is 0 Å². The van der Waals surface area contributed by atoms with Crippen LogP contribution in [0.1, 0.15) is 0 Å². The van der Waals surface area contributed by atoms with Gasteiger partial charge in [0.1, 0.15) is 0 Å². The van der Waals surface area contributed by atoms with E-state index in [0.29, 0.717) is 0 Å². The number of para-hydroxylation sites is 3. The fourth-order valence-electron chi connectivity index (χ4n) is 7.96. The molecule has 0 atom stereocenters. The Morgan fingerprint density at radius 3 is 1.12 bits per heavy atom. The predicted octanol–water partition coefficient (Wildman–Crippen LogP) is 12.6. The van der Waals surface area contributed by atoms with Gasteiger partial charge < -0.3 is 9.13 Å². The van der Waals surface area contributed by atoms with Crippen molar-refractivity contribution in [3.8, 4) is 11.4 Å². The summed E-state index contributed by atoms with van der Waals surface area (Å²) >= 11 is 0. The summed E-state index contributed by atoms with van der Waals surface area (Å²) < 4.78 is 4.76. The van der Waals surface area contributed by atoms with Crippen LogP contribution in [-0.2, 0) is 0 Å². The molecule has 242 valence electrons. The highest BCUT2D eigenvalue weighted by Crippen LogP contribution is 2.73. The zero-order valence-electron chi connectivity index (χ0n) is 27.8. The van der Waals surface area contributed by atoms with E-state index >= 15 is 0 Å². The number of pyridine rings is 1. The van der Waals surface area contributed by atoms with Crippen LogP contribution in [0.2, 0.25) is 0 Å². The van der Waals surface area contributed by atoms with E-state index in [-0.39, 0.29) is 0 Å². The molecule has 4 heteroatoms. The summed E-state index contributed by atoms with van der Waals surface area (Å²) in [6.07, 6.45) is 3.86. The Kier molecular flexibility index (Phi) is 6.90. The van der Waals surface area contributed by atoms with Gasteiger partial charge in [0.15, 0.2) is 0 Å². The van der Waals surface area contributed by atoms with Crippen LogP contribution in [0, 0.1) is 0 Å². The van der Waals surface area contributed by atoms with Gasteiger partial charge in [0.25, 0.3) is 0 Å². The monoisotopic (exact) mass is 671 g/mol. The first-order valence-electron chi connectivity index (χ1n) is 17.3. The maximum Gasteiger partial charge on any atom is 0.0571 e. The second-order valence-electron chi connectivity index (χ2n) is 12.8. The van der Waals surface area contributed by atoms with Gasteiger partial charge >= 0.3 is 0 Å². The molecule has 0 radical (unpaired) electrons. The SMILES string of the molecule is c1ccc(S(c2ccccc2)(c2ccc(-n3c4ccccc4c4ccccc43)cc2)c2ccc(-n3c4ccccc4c4cnccc43)cc2)cc1. The first-order chi connectivity index (χ1) is 25.3. The van der Waals surface area contributed by atoms with Crippen LogP contribution >= 0.6 is 10.0 Å². The Bertz CT molecular complexity index is 2530. The molecule has 10 rings (SSSR count). The van der Waals surface area contributed by atoms with Crippen molar-refractivity contribution < 1.29 is 0 Å². The number of hydrogen-bond acceptors (Lipinski definition) is 1. The van der Waals surface area contributed by atoms with Gasteiger partial charge in [0.2, 0.25) is 0 Å². The molecule has 0 bridgehead atoms. The van der Waals surface area contributed by atoms with Crippen LogP contribution in [0.3, 0.4) is 0 Å². The minimum atomic E-state index is -1.88. The van der Waals surface area contributed by atoms with Crippen LogP contribution < -0.4 is 0 Å². The molecule has 0 unspecified atom stereocenters. The van der Waals surface area contributed by atoms with Crippen molar-refractivity contribution in [1.82, 2.24) is 14.1 Å². The van der Waals surface area contributed by atoms with Crippen molar-refractivity contribution in [3.05, 3.63) is 200 Å². The molecule has 3 nitrogen and oxygen atoms in total. The number of rotatable bonds is 6. The van der Waals surface area contributed by atoms with E-state index < -0.39 is 10.0 Å². The third-order valence-corrected chi connectivity index (χ3v) is 14.1. The molecule has 0 spiro atoms. The fraction of sp³-hybridized carbons (Fsp3) is 0. The number of aromatic nitrogens is 3. The Balaban J connectivity index is 1.19. The summed E-state index contributed by atoms with van der Waals surface area (Å²) in [6, 6.07) is 68.9. The van der Waals surface area contributed by atoms with E-state index in [4.69, 9.17) is 0 Å². The quantitative estimate of drug-likeness (QED) is 0.172. The van der Waals surface area contributed by atoms with Crippen LogP contribution in [0.15, 0.2) is 220 Å². The van der Waals surface area contributed by atoms with Crippen LogP contribution in [0.5, 0.6) is 0 Å². The average Bonchev–Trinajstić information content (AvgIpc) is 3.73. The lowest BCUT2D eigenvalue weighted by molar-refractivity contribution is 1.15. The lowest BCUT2D eigenvalue weighted by Gasteiger charge is -2.42. The Hall–Kier alpha value is -6.36. The van der Waals surface area contributed by atoms with Gasteiger partial charge in [-0.15, -0.1) is 10.0 Å². The Morgan fingerprint density at radius 2 is 0.667 bits per heavy atom. The van der Waals surface area contributed by atoms with Gasteiger partial charge in [-0.3, -0.25) is 4.98 Å². The summed E-state index contributed by atoms with van der Waals surface area (Å²) in [5, 5.41) is 4.91. The van der Waals surface area contributed by atoms with Crippen molar-refractivity contribution >= 4 is 53.6 Å². The first-order valence-corrected chi connectivity index (χ1v) is 18.9. The average molecular weight is 672 g/mol. The summed E-state index contributed by atoms with van der Waals surface area (Å²) in [5.41, 5.74) is 7.05. The summed E-state index contributed by atoms with van der Waals surface area (Å²) in [5.74, 6) is 0. The van der Waals surface area contributed by atoms with Gasteiger partial charge in [-0.1, -0.05) is 91.0 Å². The van der Waals surface area contributed by atoms with Crippen LogP contribution in [0.25, 0.3) is 55.0 Å². The van der Waals surface area contributed by atoms with E-state index in [9.17, 15) is 0 Å². The number of hydrogen-bond donors (Lipinski definition) is 0. The molecule has 0 saturated heterocycles. The second-order valence-corrected chi connectivity index (χ2v) is 16.0. The zero-order valence-corrected chi connectivity index (χ0v) is 28.6. The minimum Gasteiger partial charge on any atom is -0.309 e. The molecule has 3 aromatic heterocycles. The predicted molar refractivity (Wildman–Crippen MR) is 213 cm³/mol. The van der Waals surface area contributed by atoms with Crippen LogP contribution in [-0.4, -0.2) is 14.1 Å². The number of fused-ring (bicyclic) bond motifs is 6. The molecule has 0 saturated carbocycles. The molecule has 0 aliphatic rings. The van der Waals surface area contributed by atoms with Crippen molar-refractivity contribution in [1.29, 1.82) is 0 Å². The minimum absolute atomic E-state index is 1.13. The third kappa shape index (κ3) is 4.50. The van der Waals surface area contributed by atoms with Gasteiger partial charge in [-0.25, -0.2) is 0 Å². The first kappa shape index (κ1) is 29.5. The summed E-state index contributed by atoms with van der Waals surface area (Å²) in [6.45, 7) is 0. The molecule has 51 heavy (non-hydrogen) atoms. The molecule has 7 aromatic carbocycles. The van der Waals surface area contributed by atoms with Crippen molar-refractivity contribution in [2.24, 2.45) is 0 Å². The van der Waals surface area contributed by atoms with Gasteiger partial charge in [0.05, 0.1) is 22.1 Å². The van der Waals surface area contributed by atoms with E-state index in [2.05, 4.69) is 202 Å². The highest BCUT2D eigenvalue weighted by Gasteiger charge is 2.33.